The molecule has 0 unspecified atom stereocenters. The van der Waals surface area contributed by atoms with Crippen molar-refractivity contribution in [3.63, 3.8) is 0 Å². The second-order valence-electron chi connectivity index (χ2n) is 7.05. The average Bonchev–Trinajstić information content (AvgIpc) is 3.17. The molecule has 1 saturated heterocycles. The largest absolute Gasteiger partial charge is 0.308 e. The van der Waals surface area contributed by atoms with Crippen LogP contribution >= 0.6 is 22.9 Å². The molecule has 1 N–H and O–H groups in total. The fraction of sp³-hybridized carbons (Fsp3) is 0.318. The molecule has 0 atom stereocenters. The number of nitrogens with zero attached hydrogens (tertiary/aromatic N) is 2. The minimum atomic E-state index is 0.579. The van der Waals surface area contributed by atoms with Crippen molar-refractivity contribution in [3.8, 4) is 10.4 Å². The Balaban J connectivity index is 1.25. The summed E-state index contributed by atoms with van der Waals surface area (Å²) >= 11 is 7.84. The van der Waals surface area contributed by atoms with Gasteiger partial charge in [0.2, 0.25) is 0 Å². The molecule has 0 aliphatic carbocycles. The van der Waals surface area contributed by atoms with Gasteiger partial charge in [-0.15, -0.1) is 11.3 Å². The second-order valence-corrected chi connectivity index (χ2v) is 8.60. The highest BCUT2D eigenvalue weighted by Crippen LogP contribution is 2.28. The first-order chi connectivity index (χ1) is 13.3. The van der Waals surface area contributed by atoms with Gasteiger partial charge >= 0.3 is 0 Å². The van der Waals surface area contributed by atoms with Crippen LogP contribution in [-0.4, -0.2) is 29.0 Å². The highest BCUT2D eigenvalue weighted by Gasteiger charge is 2.19. The number of aromatic nitrogens is 1. The smallest absolute Gasteiger partial charge is 0.107 e. The number of likely N-dealkylation sites (tertiary alicyclic amines) is 1. The molecule has 1 aliphatic rings. The fourth-order valence-corrected chi connectivity index (χ4v) is 4.59. The van der Waals surface area contributed by atoms with Crippen LogP contribution in [-0.2, 0) is 13.1 Å². The number of halogens is 1. The molecule has 0 saturated carbocycles. The summed E-state index contributed by atoms with van der Waals surface area (Å²) in [5.41, 5.74) is 2.54. The minimum absolute atomic E-state index is 0.579. The van der Waals surface area contributed by atoms with Crippen LogP contribution in [0.25, 0.3) is 10.4 Å². The van der Waals surface area contributed by atoms with Crippen LogP contribution in [0.15, 0.2) is 60.8 Å². The number of rotatable bonds is 6. The maximum atomic E-state index is 6.09. The first-order valence-electron chi connectivity index (χ1n) is 9.46. The summed E-state index contributed by atoms with van der Waals surface area (Å²) in [6.07, 6.45) is 4.34. The Bertz CT molecular complexity index is 857. The van der Waals surface area contributed by atoms with Gasteiger partial charge in [-0.3, -0.25) is 4.90 Å². The summed E-state index contributed by atoms with van der Waals surface area (Å²) in [6, 6.07) is 19.3. The number of benzene rings is 2. The Morgan fingerprint density at radius 2 is 1.89 bits per heavy atom. The van der Waals surface area contributed by atoms with E-state index in [4.69, 9.17) is 11.6 Å². The standard InChI is InChI=1S/C22H24ClN3S/c23-19-8-4-7-18(13-19)21-14-25-22(27-21)15-24-20-9-11-26(12-10-20)16-17-5-2-1-3-6-17/h1-8,13-14,20,24H,9-12,15-16H2. The van der Waals surface area contributed by atoms with Crippen molar-refractivity contribution in [3.05, 3.63) is 76.4 Å². The minimum Gasteiger partial charge on any atom is -0.308 e. The zero-order chi connectivity index (χ0) is 18.5. The lowest BCUT2D eigenvalue weighted by molar-refractivity contribution is 0.190. The molecule has 2 heterocycles. The Hall–Kier alpha value is -1.72. The lowest BCUT2D eigenvalue weighted by Crippen LogP contribution is -2.41. The SMILES string of the molecule is Clc1cccc(-c2cnc(CNC3CCN(Cc4ccccc4)CC3)s2)c1. The highest BCUT2D eigenvalue weighted by molar-refractivity contribution is 7.15. The monoisotopic (exact) mass is 397 g/mol. The molecule has 3 aromatic rings. The van der Waals surface area contributed by atoms with Gasteiger partial charge in [0.25, 0.3) is 0 Å². The molecule has 1 aliphatic heterocycles. The maximum absolute atomic E-state index is 6.09. The summed E-state index contributed by atoms with van der Waals surface area (Å²) in [7, 11) is 0. The van der Waals surface area contributed by atoms with E-state index in [1.807, 2.05) is 24.4 Å². The summed E-state index contributed by atoms with van der Waals surface area (Å²) in [5, 5.41) is 5.60. The zero-order valence-electron chi connectivity index (χ0n) is 15.3. The second kappa shape index (κ2) is 8.98. The van der Waals surface area contributed by atoms with Crippen molar-refractivity contribution >= 4 is 22.9 Å². The van der Waals surface area contributed by atoms with Crippen LogP contribution in [0.2, 0.25) is 5.02 Å². The first-order valence-corrected chi connectivity index (χ1v) is 10.7. The summed E-state index contributed by atoms with van der Waals surface area (Å²) in [4.78, 5) is 8.30. The Morgan fingerprint density at radius 3 is 2.67 bits per heavy atom. The maximum Gasteiger partial charge on any atom is 0.107 e. The molecule has 3 nitrogen and oxygen atoms in total. The predicted molar refractivity (Wildman–Crippen MR) is 114 cm³/mol. The van der Waals surface area contributed by atoms with Gasteiger partial charge in [0.1, 0.15) is 5.01 Å². The van der Waals surface area contributed by atoms with Crippen molar-refractivity contribution < 1.29 is 0 Å². The first kappa shape index (κ1) is 18.6. The van der Waals surface area contributed by atoms with E-state index in [1.54, 1.807) is 11.3 Å². The fourth-order valence-electron chi connectivity index (χ4n) is 3.54. The Morgan fingerprint density at radius 1 is 1.07 bits per heavy atom. The average molecular weight is 398 g/mol. The summed E-state index contributed by atoms with van der Waals surface area (Å²) in [5.74, 6) is 0. The van der Waals surface area contributed by atoms with Crippen LogP contribution in [0, 0.1) is 0 Å². The van der Waals surface area contributed by atoms with Crippen molar-refractivity contribution in [2.24, 2.45) is 0 Å². The van der Waals surface area contributed by atoms with Crippen LogP contribution < -0.4 is 5.32 Å². The van der Waals surface area contributed by atoms with E-state index in [0.717, 1.165) is 41.8 Å². The Labute approximate surface area is 170 Å². The van der Waals surface area contributed by atoms with E-state index < -0.39 is 0 Å². The van der Waals surface area contributed by atoms with Gasteiger partial charge in [-0.1, -0.05) is 54.1 Å². The van der Waals surface area contributed by atoms with Crippen molar-refractivity contribution in [1.29, 1.82) is 0 Å². The van der Waals surface area contributed by atoms with Crippen LogP contribution in [0.3, 0.4) is 0 Å². The lowest BCUT2D eigenvalue weighted by Gasteiger charge is -2.32. The van der Waals surface area contributed by atoms with Gasteiger partial charge in [0, 0.05) is 30.4 Å². The molecule has 140 valence electrons. The quantitative estimate of drug-likeness (QED) is 0.618. The topological polar surface area (TPSA) is 28.2 Å². The van der Waals surface area contributed by atoms with E-state index in [0.29, 0.717) is 6.04 Å². The summed E-state index contributed by atoms with van der Waals surface area (Å²) < 4.78 is 0. The third-order valence-corrected chi connectivity index (χ3v) is 6.32. The molecular formula is C22H24ClN3S. The normalized spacial score (nSPS) is 15.9. The Kier molecular flexibility index (Phi) is 6.20. The van der Waals surface area contributed by atoms with Crippen LogP contribution in [0.1, 0.15) is 23.4 Å². The zero-order valence-corrected chi connectivity index (χ0v) is 16.8. The molecule has 2 aromatic carbocycles. The third kappa shape index (κ3) is 5.17. The van der Waals surface area contributed by atoms with E-state index in [9.17, 15) is 0 Å². The number of hydrogen-bond donors (Lipinski definition) is 1. The van der Waals surface area contributed by atoms with Crippen LogP contribution in [0.4, 0.5) is 0 Å². The van der Waals surface area contributed by atoms with Crippen molar-refractivity contribution in [2.75, 3.05) is 13.1 Å². The number of hydrogen-bond acceptors (Lipinski definition) is 4. The van der Waals surface area contributed by atoms with Crippen molar-refractivity contribution in [1.82, 2.24) is 15.2 Å². The van der Waals surface area contributed by atoms with Gasteiger partial charge in [0.05, 0.1) is 4.88 Å². The molecule has 0 spiro atoms. The van der Waals surface area contributed by atoms with Gasteiger partial charge in [0.15, 0.2) is 0 Å². The molecule has 1 fully saturated rings. The van der Waals surface area contributed by atoms with E-state index in [2.05, 4.69) is 51.6 Å². The molecular weight excluding hydrogens is 374 g/mol. The predicted octanol–water partition coefficient (Wildman–Crippen LogP) is 5.22. The lowest BCUT2D eigenvalue weighted by atomic mass is 10.0. The summed E-state index contributed by atoms with van der Waals surface area (Å²) in [6.45, 7) is 4.20. The molecule has 0 radical (unpaired) electrons. The molecule has 27 heavy (non-hydrogen) atoms. The molecule has 4 rings (SSSR count). The van der Waals surface area contributed by atoms with Gasteiger partial charge in [-0.2, -0.15) is 0 Å². The van der Waals surface area contributed by atoms with Gasteiger partial charge in [-0.05, 0) is 49.2 Å². The van der Waals surface area contributed by atoms with Crippen molar-refractivity contribution in [2.45, 2.75) is 32.0 Å². The van der Waals surface area contributed by atoms with E-state index in [1.165, 1.54) is 23.3 Å². The number of thiazole rings is 1. The molecule has 0 amide bonds. The van der Waals surface area contributed by atoms with E-state index >= 15 is 0 Å². The molecule has 5 heteroatoms. The number of nitrogens with one attached hydrogen (secondary N) is 1. The number of piperidine rings is 1. The third-order valence-electron chi connectivity index (χ3n) is 5.04. The van der Waals surface area contributed by atoms with Gasteiger partial charge in [-0.25, -0.2) is 4.98 Å². The van der Waals surface area contributed by atoms with Crippen LogP contribution in [0.5, 0.6) is 0 Å². The molecule has 0 bridgehead atoms. The van der Waals surface area contributed by atoms with Gasteiger partial charge < -0.3 is 5.32 Å². The highest BCUT2D eigenvalue weighted by atomic mass is 35.5. The van der Waals surface area contributed by atoms with E-state index in [-0.39, 0.29) is 0 Å². The molecule has 1 aromatic heterocycles.